The van der Waals surface area contributed by atoms with Crippen LogP contribution in [0.4, 0.5) is 5.69 Å². The Bertz CT molecular complexity index is 881. The molecule has 9 heteroatoms. The Kier molecular flexibility index (Phi) is 7.03. The Morgan fingerprint density at radius 1 is 1.00 bits per heavy atom. The number of anilines is 1. The van der Waals surface area contributed by atoms with Crippen molar-refractivity contribution in [1.29, 1.82) is 0 Å². The average molecular weight is 394 g/mol. The number of carbonyl (C=O) groups excluding carboxylic acids is 1. The van der Waals surface area contributed by atoms with Gasteiger partial charge in [0.15, 0.2) is 0 Å². The first-order valence-electron chi connectivity index (χ1n) is 8.14. The van der Waals surface area contributed by atoms with Crippen LogP contribution in [0.3, 0.4) is 0 Å². The summed E-state index contributed by atoms with van der Waals surface area (Å²) in [5.41, 5.74) is 0.406. The van der Waals surface area contributed by atoms with Gasteiger partial charge in [0.2, 0.25) is 15.9 Å². The molecule has 0 bridgehead atoms. The van der Waals surface area contributed by atoms with Gasteiger partial charge in [-0.05, 0) is 43.3 Å². The van der Waals surface area contributed by atoms with Gasteiger partial charge in [0, 0.05) is 6.07 Å². The van der Waals surface area contributed by atoms with Gasteiger partial charge >= 0.3 is 0 Å². The molecule has 0 unspecified atom stereocenters. The van der Waals surface area contributed by atoms with Crippen molar-refractivity contribution in [2.45, 2.75) is 11.8 Å². The number of hydrogen-bond donors (Lipinski definition) is 2. The van der Waals surface area contributed by atoms with E-state index < -0.39 is 22.5 Å². The molecular formula is C18H22N2O6S. The Morgan fingerprint density at radius 3 is 2.26 bits per heavy atom. The molecule has 2 N–H and O–H groups in total. The lowest BCUT2D eigenvalue weighted by molar-refractivity contribution is -0.115. The Labute approximate surface area is 158 Å². The van der Waals surface area contributed by atoms with Crippen LogP contribution in [0, 0.1) is 0 Å². The molecule has 0 saturated carbocycles. The van der Waals surface area contributed by atoms with Crippen molar-refractivity contribution in [3.05, 3.63) is 42.5 Å². The highest BCUT2D eigenvalue weighted by Crippen LogP contribution is 2.28. The predicted octanol–water partition coefficient (Wildman–Crippen LogP) is 2.02. The molecule has 2 rings (SSSR count). The summed E-state index contributed by atoms with van der Waals surface area (Å²) < 4.78 is 42.4. The fourth-order valence-corrected chi connectivity index (χ4v) is 3.20. The molecular weight excluding hydrogens is 372 g/mol. The molecule has 0 aliphatic rings. The third-order valence-electron chi connectivity index (χ3n) is 3.55. The average Bonchev–Trinajstić information content (AvgIpc) is 2.67. The maximum absolute atomic E-state index is 12.3. The lowest BCUT2D eigenvalue weighted by atomic mass is 10.2. The lowest BCUT2D eigenvalue weighted by Crippen LogP contribution is -2.33. The maximum atomic E-state index is 12.3. The molecule has 0 fully saturated rings. The molecule has 146 valence electrons. The van der Waals surface area contributed by atoms with Gasteiger partial charge in [0.05, 0.1) is 38.0 Å². The monoisotopic (exact) mass is 394 g/mol. The van der Waals surface area contributed by atoms with Crippen LogP contribution in [-0.4, -0.2) is 41.7 Å². The van der Waals surface area contributed by atoms with Crippen molar-refractivity contribution < 1.29 is 27.4 Å². The van der Waals surface area contributed by atoms with Crippen LogP contribution in [0.1, 0.15) is 6.92 Å². The van der Waals surface area contributed by atoms with Crippen molar-refractivity contribution in [3.8, 4) is 17.2 Å². The summed E-state index contributed by atoms with van der Waals surface area (Å²) in [4.78, 5) is 12.1. The summed E-state index contributed by atoms with van der Waals surface area (Å²) in [6.45, 7) is 1.90. The van der Waals surface area contributed by atoms with Crippen molar-refractivity contribution >= 4 is 21.6 Å². The number of benzene rings is 2. The van der Waals surface area contributed by atoms with Crippen LogP contribution >= 0.6 is 0 Å². The molecule has 27 heavy (non-hydrogen) atoms. The SMILES string of the molecule is CCOc1ccc(S(=O)(=O)NCC(=O)Nc2ccc(OC)cc2OC)cc1. The molecule has 0 spiro atoms. The molecule has 0 saturated heterocycles. The van der Waals surface area contributed by atoms with Crippen LogP contribution in [-0.2, 0) is 14.8 Å². The molecule has 0 aliphatic carbocycles. The van der Waals surface area contributed by atoms with Crippen molar-refractivity contribution in [2.75, 3.05) is 32.7 Å². The molecule has 2 aromatic carbocycles. The highest BCUT2D eigenvalue weighted by Gasteiger charge is 2.16. The van der Waals surface area contributed by atoms with Gasteiger partial charge in [-0.2, -0.15) is 0 Å². The van der Waals surface area contributed by atoms with E-state index >= 15 is 0 Å². The molecule has 1 amide bonds. The number of rotatable bonds is 9. The first-order valence-corrected chi connectivity index (χ1v) is 9.62. The van der Waals surface area contributed by atoms with Gasteiger partial charge in [0.25, 0.3) is 0 Å². The largest absolute Gasteiger partial charge is 0.497 e. The first kappa shape index (κ1) is 20.5. The minimum Gasteiger partial charge on any atom is -0.497 e. The molecule has 0 aromatic heterocycles. The Hall–Kier alpha value is -2.78. The summed E-state index contributed by atoms with van der Waals surface area (Å²) in [5, 5.41) is 2.60. The van der Waals surface area contributed by atoms with Gasteiger partial charge in [-0.3, -0.25) is 4.79 Å². The van der Waals surface area contributed by atoms with Crippen LogP contribution in [0.25, 0.3) is 0 Å². The number of amides is 1. The minimum absolute atomic E-state index is 0.0424. The molecule has 0 radical (unpaired) electrons. The number of ether oxygens (including phenoxy) is 3. The van der Waals surface area contributed by atoms with Gasteiger partial charge < -0.3 is 19.5 Å². The Morgan fingerprint density at radius 2 is 1.67 bits per heavy atom. The van der Waals surface area contributed by atoms with E-state index in [4.69, 9.17) is 14.2 Å². The summed E-state index contributed by atoms with van der Waals surface area (Å²) in [7, 11) is -0.849. The normalized spacial score (nSPS) is 10.9. The van der Waals surface area contributed by atoms with Crippen molar-refractivity contribution in [2.24, 2.45) is 0 Å². The number of sulfonamides is 1. The summed E-state index contributed by atoms with van der Waals surface area (Å²) in [6, 6.07) is 10.8. The number of carbonyl (C=O) groups is 1. The third kappa shape index (κ3) is 5.60. The van der Waals surface area contributed by atoms with Crippen LogP contribution in [0.5, 0.6) is 17.2 Å². The molecule has 0 heterocycles. The fourth-order valence-electron chi connectivity index (χ4n) is 2.22. The van der Waals surface area contributed by atoms with Crippen molar-refractivity contribution in [3.63, 3.8) is 0 Å². The molecule has 0 aliphatic heterocycles. The molecule has 8 nitrogen and oxygen atoms in total. The predicted molar refractivity (Wildman–Crippen MR) is 101 cm³/mol. The van der Waals surface area contributed by atoms with E-state index in [-0.39, 0.29) is 4.90 Å². The van der Waals surface area contributed by atoms with Gasteiger partial charge in [0.1, 0.15) is 17.2 Å². The smallest absolute Gasteiger partial charge is 0.241 e. The summed E-state index contributed by atoms with van der Waals surface area (Å²) in [5.74, 6) is 1.01. The van der Waals surface area contributed by atoms with Crippen LogP contribution < -0.4 is 24.2 Å². The van der Waals surface area contributed by atoms with E-state index in [1.807, 2.05) is 6.92 Å². The zero-order valence-corrected chi connectivity index (χ0v) is 16.1. The van der Waals surface area contributed by atoms with Gasteiger partial charge in [-0.1, -0.05) is 0 Å². The first-order chi connectivity index (χ1) is 12.9. The number of methoxy groups -OCH3 is 2. The highest BCUT2D eigenvalue weighted by molar-refractivity contribution is 7.89. The van der Waals surface area contributed by atoms with E-state index in [0.29, 0.717) is 29.5 Å². The summed E-state index contributed by atoms with van der Waals surface area (Å²) in [6.07, 6.45) is 0. The minimum atomic E-state index is -3.82. The third-order valence-corrected chi connectivity index (χ3v) is 4.97. The van der Waals surface area contributed by atoms with Gasteiger partial charge in [-0.15, -0.1) is 0 Å². The summed E-state index contributed by atoms with van der Waals surface area (Å²) >= 11 is 0. The van der Waals surface area contributed by atoms with E-state index in [1.165, 1.54) is 26.4 Å². The number of hydrogen-bond acceptors (Lipinski definition) is 6. The van der Waals surface area contributed by atoms with Gasteiger partial charge in [-0.25, -0.2) is 13.1 Å². The molecule has 0 atom stereocenters. The second-order valence-electron chi connectivity index (χ2n) is 5.34. The van der Waals surface area contributed by atoms with E-state index in [9.17, 15) is 13.2 Å². The van der Waals surface area contributed by atoms with E-state index in [1.54, 1.807) is 30.3 Å². The fraction of sp³-hybridized carbons (Fsp3) is 0.278. The topological polar surface area (TPSA) is 103 Å². The van der Waals surface area contributed by atoms with E-state index in [2.05, 4.69) is 10.0 Å². The number of nitrogens with one attached hydrogen (secondary N) is 2. The quantitative estimate of drug-likeness (QED) is 0.675. The standard InChI is InChI=1S/C18H22N2O6S/c1-4-26-13-5-8-15(9-6-13)27(22,23)19-12-18(21)20-16-10-7-14(24-2)11-17(16)25-3/h5-11,19H,4,12H2,1-3H3,(H,20,21). The second kappa shape index (κ2) is 9.24. The zero-order valence-electron chi connectivity index (χ0n) is 15.3. The highest BCUT2D eigenvalue weighted by atomic mass is 32.2. The zero-order chi connectivity index (χ0) is 19.9. The van der Waals surface area contributed by atoms with E-state index in [0.717, 1.165) is 0 Å². The van der Waals surface area contributed by atoms with Crippen molar-refractivity contribution in [1.82, 2.24) is 4.72 Å². The second-order valence-corrected chi connectivity index (χ2v) is 7.11. The van der Waals surface area contributed by atoms with Crippen LogP contribution in [0.2, 0.25) is 0 Å². The lowest BCUT2D eigenvalue weighted by Gasteiger charge is -2.12. The molecule has 2 aromatic rings. The maximum Gasteiger partial charge on any atom is 0.241 e. The van der Waals surface area contributed by atoms with Crippen LogP contribution in [0.15, 0.2) is 47.4 Å². The Balaban J connectivity index is 2.00.